The van der Waals surface area contributed by atoms with Crippen molar-refractivity contribution >= 4 is 23.6 Å². The molecule has 7 nitrogen and oxygen atoms in total. The summed E-state index contributed by atoms with van der Waals surface area (Å²) in [5.41, 5.74) is 4.78. The van der Waals surface area contributed by atoms with E-state index in [9.17, 15) is 14.7 Å². The van der Waals surface area contributed by atoms with Crippen LogP contribution in [0.4, 0.5) is 4.79 Å². The van der Waals surface area contributed by atoms with Gasteiger partial charge >= 0.3 is 6.09 Å². The standard InChI is InChI=1S/C34H40ClN3O4/c1-4-23-8-5-9-26(20-23)29-28(35)15-14-27-30(29)34(41,17-6-18-37-32(40)42-3)33(27)16-7-19-38(22-33)31(39)25-12-10-24(11-13-25)21-36-2/h5,8-15,20,36,41H,4,6-7,16-19,21-22H2,1-3H3,(H,37,40)/t33-,34-/m1/s1. The highest BCUT2D eigenvalue weighted by atomic mass is 35.5. The number of fused-ring (bicyclic) bond motifs is 2. The van der Waals surface area contributed by atoms with Crippen molar-refractivity contribution in [3.63, 3.8) is 0 Å². The van der Waals surface area contributed by atoms with Crippen LogP contribution in [0.15, 0.2) is 60.7 Å². The van der Waals surface area contributed by atoms with Crippen LogP contribution >= 0.6 is 11.6 Å². The Morgan fingerprint density at radius 2 is 1.88 bits per heavy atom. The van der Waals surface area contributed by atoms with Gasteiger partial charge in [-0.2, -0.15) is 0 Å². The molecule has 222 valence electrons. The van der Waals surface area contributed by atoms with Gasteiger partial charge in [-0.1, -0.05) is 61.0 Å². The monoisotopic (exact) mass is 589 g/mol. The summed E-state index contributed by atoms with van der Waals surface area (Å²) in [5, 5.41) is 19.2. The van der Waals surface area contributed by atoms with E-state index < -0.39 is 17.1 Å². The van der Waals surface area contributed by atoms with Crippen molar-refractivity contribution in [3.05, 3.63) is 93.5 Å². The first kappa shape index (κ1) is 30.1. The molecule has 0 saturated carbocycles. The summed E-state index contributed by atoms with van der Waals surface area (Å²) < 4.78 is 4.73. The van der Waals surface area contributed by atoms with Gasteiger partial charge in [0.2, 0.25) is 0 Å². The van der Waals surface area contributed by atoms with Gasteiger partial charge in [0.05, 0.1) is 7.11 Å². The van der Waals surface area contributed by atoms with Crippen LogP contribution in [0.2, 0.25) is 5.02 Å². The van der Waals surface area contributed by atoms with Gasteiger partial charge in [-0.05, 0) is 85.2 Å². The fourth-order valence-electron chi connectivity index (χ4n) is 6.94. The van der Waals surface area contributed by atoms with Gasteiger partial charge in [-0.3, -0.25) is 4.79 Å². The zero-order valence-electron chi connectivity index (χ0n) is 24.6. The lowest BCUT2D eigenvalue weighted by molar-refractivity contribution is -0.109. The van der Waals surface area contributed by atoms with Gasteiger partial charge in [-0.25, -0.2) is 4.79 Å². The third kappa shape index (κ3) is 5.30. The van der Waals surface area contributed by atoms with Crippen LogP contribution in [-0.4, -0.2) is 55.8 Å². The third-order valence-corrected chi connectivity index (χ3v) is 9.35. The van der Waals surface area contributed by atoms with E-state index in [-0.39, 0.29) is 5.91 Å². The first-order chi connectivity index (χ1) is 20.3. The van der Waals surface area contributed by atoms with Gasteiger partial charge in [0, 0.05) is 47.7 Å². The Kier molecular flexibility index (Phi) is 8.92. The van der Waals surface area contributed by atoms with Crippen molar-refractivity contribution in [1.82, 2.24) is 15.5 Å². The minimum atomic E-state index is -1.24. The molecule has 8 heteroatoms. The Morgan fingerprint density at radius 1 is 1.10 bits per heavy atom. The number of halogens is 1. The second kappa shape index (κ2) is 12.5. The second-order valence-corrected chi connectivity index (χ2v) is 11.8. The number of piperidine rings is 1. The first-order valence-corrected chi connectivity index (χ1v) is 15.2. The maximum absolute atomic E-state index is 13.7. The summed E-state index contributed by atoms with van der Waals surface area (Å²) in [6.07, 6.45) is 2.86. The summed E-state index contributed by atoms with van der Waals surface area (Å²) in [6, 6.07) is 20.0. The Hall–Kier alpha value is -3.39. The Bertz CT molecular complexity index is 1460. The van der Waals surface area contributed by atoms with Crippen molar-refractivity contribution < 1.29 is 19.4 Å². The maximum atomic E-state index is 13.7. The predicted molar refractivity (Wildman–Crippen MR) is 166 cm³/mol. The maximum Gasteiger partial charge on any atom is 0.406 e. The van der Waals surface area contributed by atoms with Gasteiger partial charge in [0.15, 0.2) is 0 Å². The molecule has 2 atom stereocenters. The molecule has 42 heavy (non-hydrogen) atoms. The fraction of sp³-hybridized carbons (Fsp3) is 0.412. The SMILES string of the molecule is CCc1cccc(-c2c(Cl)ccc3c2[C@](O)(CCCNC(=O)OC)[C@@]32CCCN(C(=O)c3ccc(CNC)cc3)C2)c1. The van der Waals surface area contributed by atoms with E-state index in [1.807, 2.05) is 60.5 Å². The molecule has 3 aromatic carbocycles. The molecule has 3 N–H and O–H groups in total. The van der Waals surface area contributed by atoms with Crippen LogP contribution in [0, 0.1) is 0 Å². The molecule has 1 heterocycles. The van der Waals surface area contributed by atoms with E-state index in [2.05, 4.69) is 29.7 Å². The van der Waals surface area contributed by atoms with E-state index in [1.54, 1.807) is 0 Å². The minimum absolute atomic E-state index is 0.0296. The topological polar surface area (TPSA) is 90.9 Å². The number of benzene rings is 3. The number of rotatable bonds is 9. The summed E-state index contributed by atoms with van der Waals surface area (Å²) >= 11 is 6.88. The zero-order valence-corrected chi connectivity index (χ0v) is 25.4. The number of nitrogens with one attached hydrogen (secondary N) is 2. The van der Waals surface area contributed by atoms with Crippen molar-refractivity contribution in [3.8, 4) is 11.1 Å². The number of carbonyl (C=O) groups excluding carboxylic acids is 2. The molecule has 1 saturated heterocycles. The molecule has 2 amide bonds. The molecule has 2 aliphatic rings. The summed E-state index contributed by atoms with van der Waals surface area (Å²) in [7, 11) is 3.23. The van der Waals surface area contributed by atoms with E-state index in [1.165, 1.54) is 12.7 Å². The number of hydrogen-bond donors (Lipinski definition) is 3. The van der Waals surface area contributed by atoms with Crippen LogP contribution in [-0.2, 0) is 28.7 Å². The van der Waals surface area contributed by atoms with Crippen LogP contribution in [0.3, 0.4) is 0 Å². The molecule has 0 aromatic heterocycles. The lowest BCUT2D eigenvalue weighted by atomic mass is 9.47. The van der Waals surface area contributed by atoms with Crippen molar-refractivity contribution in [2.75, 3.05) is 33.8 Å². The quantitative estimate of drug-likeness (QED) is 0.274. The lowest BCUT2D eigenvalue weighted by Gasteiger charge is -2.62. The predicted octanol–water partition coefficient (Wildman–Crippen LogP) is 5.80. The van der Waals surface area contributed by atoms with Gasteiger partial charge in [0.25, 0.3) is 5.91 Å². The first-order valence-electron chi connectivity index (χ1n) is 14.8. The number of nitrogens with zero attached hydrogens (tertiary/aromatic N) is 1. The zero-order chi connectivity index (χ0) is 29.9. The van der Waals surface area contributed by atoms with Gasteiger partial charge in [0.1, 0.15) is 5.60 Å². The number of carbonyl (C=O) groups is 2. The number of hydrogen-bond acceptors (Lipinski definition) is 5. The van der Waals surface area contributed by atoms with Crippen LogP contribution in [0.5, 0.6) is 0 Å². The molecule has 0 unspecified atom stereocenters. The highest BCUT2D eigenvalue weighted by molar-refractivity contribution is 6.33. The largest absolute Gasteiger partial charge is 0.453 e. The molecule has 1 fully saturated rings. The molecular formula is C34H40ClN3O4. The van der Waals surface area contributed by atoms with E-state index in [4.69, 9.17) is 16.3 Å². The number of aryl methyl sites for hydroxylation is 1. The second-order valence-electron chi connectivity index (χ2n) is 11.4. The number of amides is 2. The minimum Gasteiger partial charge on any atom is -0.453 e. The molecule has 3 aromatic rings. The summed E-state index contributed by atoms with van der Waals surface area (Å²) in [5.74, 6) is -0.0296. The van der Waals surface area contributed by atoms with E-state index in [0.29, 0.717) is 43.1 Å². The number of aliphatic hydroxyl groups is 1. The number of methoxy groups -OCH3 is 1. The highest BCUT2D eigenvalue weighted by Gasteiger charge is 2.64. The highest BCUT2D eigenvalue weighted by Crippen LogP contribution is 2.64. The van der Waals surface area contributed by atoms with Crippen LogP contribution < -0.4 is 10.6 Å². The van der Waals surface area contributed by atoms with Crippen LogP contribution in [0.25, 0.3) is 11.1 Å². The third-order valence-electron chi connectivity index (χ3n) is 9.03. The van der Waals surface area contributed by atoms with E-state index >= 15 is 0 Å². The molecule has 1 aliphatic carbocycles. The van der Waals surface area contributed by atoms with Crippen molar-refractivity contribution in [2.45, 2.75) is 56.6 Å². The Balaban J connectivity index is 1.53. The number of ether oxygens (including phenoxy) is 1. The molecule has 0 bridgehead atoms. The Labute approximate surface area is 253 Å². The van der Waals surface area contributed by atoms with Gasteiger partial charge < -0.3 is 25.4 Å². The summed E-state index contributed by atoms with van der Waals surface area (Å²) in [6.45, 7) is 4.26. The molecule has 0 radical (unpaired) electrons. The number of likely N-dealkylation sites (tertiary alicyclic amines) is 1. The van der Waals surface area contributed by atoms with E-state index in [0.717, 1.165) is 53.6 Å². The normalized spacial score (nSPS) is 21.0. The molecular weight excluding hydrogens is 550 g/mol. The van der Waals surface area contributed by atoms with Crippen LogP contribution in [0.1, 0.15) is 65.2 Å². The Morgan fingerprint density at radius 3 is 2.60 bits per heavy atom. The smallest absolute Gasteiger partial charge is 0.406 e. The molecule has 5 rings (SSSR count). The molecule has 1 aliphatic heterocycles. The number of alkyl carbamates (subject to hydrolysis) is 1. The lowest BCUT2D eigenvalue weighted by Crippen LogP contribution is -2.66. The fourth-order valence-corrected chi connectivity index (χ4v) is 7.21. The van der Waals surface area contributed by atoms with Crippen molar-refractivity contribution in [1.29, 1.82) is 0 Å². The average Bonchev–Trinajstić information content (AvgIpc) is 3.02. The molecule has 1 spiro atoms. The average molecular weight is 590 g/mol. The van der Waals surface area contributed by atoms with Crippen molar-refractivity contribution in [2.24, 2.45) is 0 Å². The summed E-state index contributed by atoms with van der Waals surface area (Å²) in [4.78, 5) is 27.3. The van der Waals surface area contributed by atoms with Gasteiger partial charge in [-0.15, -0.1) is 0 Å².